The molecule has 0 aliphatic heterocycles. The van der Waals surface area contributed by atoms with Crippen molar-refractivity contribution in [2.24, 2.45) is 5.84 Å². The Morgan fingerprint density at radius 1 is 1.15 bits per heavy atom. The van der Waals surface area contributed by atoms with Gasteiger partial charge in [-0.25, -0.2) is 10.8 Å². The molecule has 0 aliphatic carbocycles. The van der Waals surface area contributed by atoms with Crippen LogP contribution < -0.4 is 16.6 Å². The van der Waals surface area contributed by atoms with Crippen molar-refractivity contribution in [2.75, 3.05) is 17.3 Å². The molecule has 20 heavy (non-hydrogen) atoms. The number of thiophene rings is 1. The normalized spacial score (nSPS) is 10.7. The van der Waals surface area contributed by atoms with Crippen LogP contribution in [0.15, 0.2) is 36.0 Å². The summed E-state index contributed by atoms with van der Waals surface area (Å²) in [5.41, 5.74) is 3.73. The number of nitrogens with zero attached hydrogens (tertiary/aromatic N) is 3. The summed E-state index contributed by atoms with van der Waals surface area (Å²) in [6.45, 7) is 0.788. The molecular weight excluding hydrogens is 272 g/mol. The maximum Gasteiger partial charge on any atom is 0.240 e. The molecule has 3 aromatic rings. The first-order chi connectivity index (χ1) is 9.86. The molecule has 0 aromatic carbocycles. The molecule has 0 bridgehead atoms. The van der Waals surface area contributed by atoms with E-state index in [2.05, 4.69) is 25.7 Å². The minimum Gasteiger partial charge on any atom is -0.369 e. The van der Waals surface area contributed by atoms with Crippen molar-refractivity contribution < 1.29 is 0 Å². The van der Waals surface area contributed by atoms with Gasteiger partial charge in [-0.15, -0.1) is 11.3 Å². The van der Waals surface area contributed by atoms with Crippen molar-refractivity contribution in [3.05, 3.63) is 41.5 Å². The first-order valence-electron chi connectivity index (χ1n) is 6.21. The van der Waals surface area contributed by atoms with E-state index in [1.54, 1.807) is 23.7 Å². The van der Waals surface area contributed by atoms with Crippen molar-refractivity contribution >= 4 is 33.3 Å². The second-order valence-electron chi connectivity index (χ2n) is 4.21. The van der Waals surface area contributed by atoms with Crippen molar-refractivity contribution in [1.82, 2.24) is 15.0 Å². The summed E-state index contributed by atoms with van der Waals surface area (Å²) in [6, 6.07) is 6.03. The molecular formula is C13H14N6S. The van der Waals surface area contributed by atoms with Crippen LogP contribution in [0.4, 0.5) is 11.8 Å². The Balaban J connectivity index is 1.75. The molecule has 102 valence electrons. The van der Waals surface area contributed by atoms with Gasteiger partial charge in [0.2, 0.25) is 5.95 Å². The zero-order valence-electron chi connectivity index (χ0n) is 10.7. The smallest absolute Gasteiger partial charge is 0.240 e. The molecule has 0 amide bonds. The zero-order valence-corrected chi connectivity index (χ0v) is 11.5. The third-order valence-electron chi connectivity index (χ3n) is 2.91. The van der Waals surface area contributed by atoms with Crippen molar-refractivity contribution in [3.63, 3.8) is 0 Å². The van der Waals surface area contributed by atoms with Crippen molar-refractivity contribution in [2.45, 2.75) is 6.42 Å². The number of hydrazine groups is 1. The monoisotopic (exact) mass is 286 g/mol. The molecule has 3 heterocycles. The van der Waals surface area contributed by atoms with E-state index in [0.29, 0.717) is 5.95 Å². The average molecular weight is 286 g/mol. The Hall–Kier alpha value is -2.25. The van der Waals surface area contributed by atoms with Gasteiger partial charge in [-0.05, 0) is 35.6 Å². The molecule has 0 unspecified atom stereocenters. The molecule has 0 spiro atoms. The highest BCUT2D eigenvalue weighted by molar-refractivity contribution is 7.16. The summed E-state index contributed by atoms with van der Waals surface area (Å²) in [4.78, 5) is 13.6. The van der Waals surface area contributed by atoms with Crippen LogP contribution >= 0.6 is 11.3 Å². The van der Waals surface area contributed by atoms with Crippen LogP contribution in [-0.4, -0.2) is 21.5 Å². The summed E-state index contributed by atoms with van der Waals surface area (Å²) in [5, 5.41) is 6.35. The van der Waals surface area contributed by atoms with Crippen LogP contribution in [0.5, 0.6) is 0 Å². The van der Waals surface area contributed by atoms with E-state index in [0.717, 1.165) is 29.0 Å². The molecule has 7 heteroatoms. The van der Waals surface area contributed by atoms with Gasteiger partial charge in [0, 0.05) is 18.9 Å². The molecule has 0 saturated heterocycles. The third-order valence-corrected chi connectivity index (χ3v) is 3.72. The van der Waals surface area contributed by atoms with Gasteiger partial charge in [-0.1, -0.05) is 0 Å². The number of nitrogens with one attached hydrogen (secondary N) is 2. The first-order valence-corrected chi connectivity index (χ1v) is 7.09. The topological polar surface area (TPSA) is 88.8 Å². The number of nitrogens with two attached hydrogens (primary N) is 1. The number of hydrogen-bond acceptors (Lipinski definition) is 7. The maximum absolute atomic E-state index is 5.39. The van der Waals surface area contributed by atoms with Crippen LogP contribution in [-0.2, 0) is 6.42 Å². The zero-order chi connectivity index (χ0) is 13.8. The largest absolute Gasteiger partial charge is 0.369 e. The Morgan fingerprint density at radius 3 is 2.80 bits per heavy atom. The minimum atomic E-state index is 0.423. The van der Waals surface area contributed by atoms with Crippen LogP contribution in [0.3, 0.4) is 0 Å². The van der Waals surface area contributed by atoms with Gasteiger partial charge in [0.1, 0.15) is 10.6 Å². The predicted octanol–water partition coefficient (Wildman–Crippen LogP) is 2.03. The highest BCUT2D eigenvalue weighted by Crippen LogP contribution is 2.26. The Bertz CT molecular complexity index is 696. The highest BCUT2D eigenvalue weighted by Gasteiger charge is 2.07. The van der Waals surface area contributed by atoms with E-state index in [1.807, 2.05) is 23.6 Å². The Morgan fingerprint density at radius 2 is 2.00 bits per heavy atom. The Kier molecular flexibility index (Phi) is 3.71. The summed E-state index contributed by atoms with van der Waals surface area (Å²) < 4.78 is 0. The van der Waals surface area contributed by atoms with Crippen molar-refractivity contribution in [1.29, 1.82) is 0 Å². The minimum absolute atomic E-state index is 0.423. The standard InChI is InChI=1S/C13H14N6S/c14-19-13-17-11(10-4-8-20-12(10)18-13)16-7-3-9-1-5-15-6-2-9/h1-2,4-6,8H,3,7,14H2,(H2,16,17,18,19). The number of hydrogen-bond donors (Lipinski definition) is 3. The van der Waals surface area contributed by atoms with Gasteiger partial charge < -0.3 is 5.32 Å². The number of fused-ring (bicyclic) bond motifs is 1. The maximum atomic E-state index is 5.39. The summed E-state index contributed by atoms with van der Waals surface area (Å²) >= 11 is 1.57. The fraction of sp³-hybridized carbons (Fsp3) is 0.154. The highest BCUT2D eigenvalue weighted by atomic mass is 32.1. The molecule has 0 radical (unpaired) electrons. The average Bonchev–Trinajstić information content (AvgIpc) is 2.96. The van der Waals surface area contributed by atoms with Crippen LogP contribution in [0.2, 0.25) is 0 Å². The van der Waals surface area contributed by atoms with E-state index < -0.39 is 0 Å². The lowest BCUT2D eigenvalue weighted by Gasteiger charge is -2.08. The number of aromatic nitrogens is 3. The van der Waals surface area contributed by atoms with Gasteiger partial charge >= 0.3 is 0 Å². The van der Waals surface area contributed by atoms with E-state index in [4.69, 9.17) is 5.84 Å². The lowest BCUT2D eigenvalue weighted by Crippen LogP contribution is -2.13. The van der Waals surface area contributed by atoms with Crippen LogP contribution in [0, 0.1) is 0 Å². The lowest BCUT2D eigenvalue weighted by molar-refractivity contribution is 0.999. The van der Waals surface area contributed by atoms with Gasteiger partial charge in [0.25, 0.3) is 0 Å². The SMILES string of the molecule is NNc1nc(NCCc2ccncc2)c2ccsc2n1. The van der Waals surface area contributed by atoms with E-state index in [9.17, 15) is 0 Å². The summed E-state index contributed by atoms with van der Waals surface area (Å²) in [6.07, 6.45) is 4.50. The predicted molar refractivity (Wildman–Crippen MR) is 81.7 cm³/mol. The van der Waals surface area contributed by atoms with Crippen molar-refractivity contribution in [3.8, 4) is 0 Å². The number of pyridine rings is 1. The lowest BCUT2D eigenvalue weighted by atomic mass is 10.2. The summed E-state index contributed by atoms with van der Waals surface area (Å²) in [7, 11) is 0. The molecule has 6 nitrogen and oxygen atoms in total. The first kappa shape index (κ1) is 12.8. The van der Waals surface area contributed by atoms with Crippen LogP contribution in [0.1, 0.15) is 5.56 Å². The van der Waals surface area contributed by atoms with Gasteiger partial charge in [0.15, 0.2) is 0 Å². The quantitative estimate of drug-likeness (QED) is 0.491. The fourth-order valence-electron chi connectivity index (χ4n) is 1.93. The van der Waals surface area contributed by atoms with Gasteiger partial charge in [0.05, 0.1) is 5.39 Å². The molecule has 0 saturated carbocycles. The number of anilines is 2. The third kappa shape index (κ3) is 2.68. The van der Waals surface area contributed by atoms with E-state index in [1.165, 1.54) is 5.56 Å². The van der Waals surface area contributed by atoms with Gasteiger partial charge in [-0.2, -0.15) is 4.98 Å². The van der Waals surface area contributed by atoms with E-state index >= 15 is 0 Å². The molecule has 3 rings (SSSR count). The Labute approximate surface area is 120 Å². The molecule has 0 aliphatic rings. The summed E-state index contributed by atoms with van der Waals surface area (Å²) in [5.74, 6) is 6.62. The molecule has 0 atom stereocenters. The number of nitrogen functional groups attached to an aromatic ring is 1. The molecule has 3 aromatic heterocycles. The number of rotatable bonds is 5. The van der Waals surface area contributed by atoms with Crippen LogP contribution in [0.25, 0.3) is 10.2 Å². The fourth-order valence-corrected chi connectivity index (χ4v) is 2.69. The van der Waals surface area contributed by atoms with Gasteiger partial charge in [-0.3, -0.25) is 10.4 Å². The second-order valence-corrected chi connectivity index (χ2v) is 5.11. The second kappa shape index (κ2) is 5.81. The molecule has 0 fully saturated rings. The molecule has 4 N–H and O–H groups in total. The van der Waals surface area contributed by atoms with E-state index in [-0.39, 0.29) is 0 Å².